The van der Waals surface area contributed by atoms with Crippen molar-refractivity contribution in [3.63, 3.8) is 0 Å². The van der Waals surface area contributed by atoms with E-state index in [1.807, 2.05) is 19.0 Å². The van der Waals surface area contributed by atoms with Crippen LogP contribution in [-0.2, 0) is 22.5 Å². The molecule has 10 nitrogen and oxygen atoms in total. The van der Waals surface area contributed by atoms with E-state index in [0.717, 1.165) is 19.3 Å². The molecule has 0 radical (unpaired) electrons. The van der Waals surface area contributed by atoms with Crippen molar-refractivity contribution < 1.29 is 23.1 Å². The van der Waals surface area contributed by atoms with Gasteiger partial charge < -0.3 is 24.7 Å². The molecule has 0 spiro atoms. The van der Waals surface area contributed by atoms with Crippen LogP contribution in [0.1, 0.15) is 52.5 Å². The molecule has 1 heterocycles. The maximum Gasteiger partial charge on any atom is 0.419 e. The van der Waals surface area contributed by atoms with Gasteiger partial charge in [0.25, 0.3) is 0 Å². The predicted molar refractivity (Wildman–Crippen MR) is 161 cm³/mol. The maximum absolute atomic E-state index is 15.4. The number of ether oxygens (including phenoxy) is 1. The second-order valence-corrected chi connectivity index (χ2v) is 12.6. The summed E-state index contributed by atoms with van der Waals surface area (Å²) in [6.45, 7) is 7.94. The molecule has 2 aromatic carbocycles. The van der Waals surface area contributed by atoms with Crippen molar-refractivity contribution in [3.8, 4) is 17.2 Å². The van der Waals surface area contributed by atoms with Crippen molar-refractivity contribution >= 4 is 23.1 Å². The fraction of sp³-hybridized carbons (Fsp3) is 0.500. The van der Waals surface area contributed by atoms with Crippen LogP contribution in [0.5, 0.6) is 0 Å². The summed E-state index contributed by atoms with van der Waals surface area (Å²) in [5, 5.41) is 15.3. The molecule has 0 aliphatic heterocycles. The lowest BCUT2D eigenvalue weighted by molar-refractivity contribution is -0.131. The number of carbonyl (C=O) groups excluding carboxylic acids is 2. The van der Waals surface area contributed by atoms with Gasteiger partial charge in [-0.3, -0.25) is 9.36 Å². The van der Waals surface area contributed by atoms with Crippen LogP contribution < -0.4 is 16.4 Å². The van der Waals surface area contributed by atoms with Crippen molar-refractivity contribution in [2.75, 3.05) is 20.6 Å². The normalized spacial score (nSPS) is 15.8. The molecule has 1 aromatic heterocycles. The fourth-order valence-electron chi connectivity index (χ4n) is 5.15. The Balaban J connectivity index is 1.50. The molecule has 3 aromatic rings. The largest absolute Gasteiger partial charge is 0.444 e. The lowest BCUT2D eigenvalue weighted by Crippen LogP contribution is -2.64. The van der Waals surface area contributed by atoms with Crippen LogP contribution in [0.3, 0.4) is 0 Å². The summed E-state index contributed by atoms with van der Waals surface area (Å²) in [4.78, 5) is 40.3. The molecule has 4 rings (SSSR count). The summed E-state index contributed by atoms with van der Waals surface area (Å²) in [6.07, 6.45) is 1.67. The molecule has 0 bridgehead atoms. The van der Waals surface area contributed by atoms with Gasteiger partial charge in [0.15, 0.2) is 5.58 Å². The number of nitrogens with zero attached hydrogens (tertiary/aromatic N) is 3. The average Bonchev–Trinajstić information content (AvgIpc) is 3.19. The Hall–Kier alpha value is -4.17. The number of amides is 2. The summed E-state index contributed by atoms with van der Waals surface area (Å²) < 4.78 is 27.7. The number of carbonyl (C=O) groups is 2. The van der Waals surface area contributed by atoms with E-state index >= 15 is 4.39 Å². The number of hydrogen-bond acceptors (Lipinski definition) is 7. The van der Waals surface area contributed by atoms with Crippen LogP contribution in [0.4, 0.5) is 9.18 Å². The third-order valence-corrected chi connectivity index (χ3v) is 7.86. The molecule has 2 atom stereocenters. The first-order valence-electron chi connectivity index (χ1n) is 14.5. The van der Waals surface area contributed by atoms with Gasteiger partial charge in [-0.05, 0) is 95.4 Å². The van der Waals surface area contributed by atoms with E-state index in [2.05, 4.69) is 16.7 Å². The Kier molecular flexibility index (Phi) is 9.30. The Bertz CT molecular complexity index is 1590. The quantitative estimate of drug-likeness (QED) is 0.352. The summed E-state index contributed by atoms with van der Waals surface area (Å²) in [5.41, 5.74) is 0.601. The molecule has 1 aliphatic carbocycles. The van der Waals surface area contributed by atoms with Gasteiger partial charge in [-0.15, -0.1) is 0 Å². The lowest BCUT2D eigenvalue weighted by Gasteiger charge is -2.42. The van der Waals surface area contributed by atoms with E-state index in [1.54, 1.807) is 62.6 Å². The number of hydrogen-bond donors (Lipinski definition) is 2. The van der Waals surface area contributed by atoms with Crippen molar-refractivity contribution in [1.82, 2.24) is 20.1 Å². The third-order valence-electron chi connectivity index (χ3n) is 7.86. The molecular formula is C32H40FN5O5. The zero-order chi connectivity index (χ0) is 31.5. The Morgan fingerprint density at radius 1 is 1.16 bits per heavy atom. The minimum atomic E-state index is -1.28. The monoisotopic (exact) mass is 593 g/mol. The smallest absolute Gasteiger partial charge is 0.419 e. The SMILES string of the molecule is CN(C)CCn1c(=O)oc2ccc(-c3ccc(C[C@@H](C#N)NC(=O)C(C)(NC(=O)OC(C)(C)C)C4CCC4)c(F)c3)cc21. The summed E-state index contributed by atoms with van der Waals surface area (Å²) in [6, 6.07) is 11.0. The Labute approximate surface area is 250 Å². The molecule has 1 unspecified atom stereocenters. The molecule has 230 valence electrons. The van der Waals surface area contributed by atoms with Crippen LogP contribution in [0, 0.1) is 23.1 Å². The average molecular weight is 594 g/mol. The highest BCUT2D eigenvalue weighted by Crippen LogP contribution is 2.37. The van der Waals surface area contributed by atoms with Gasteiger partial charge in [0.1, 0.15) is 23.0 Å². The summed E-state index contributed by atoms with van der Waals surface area (Å²) in [7, 11) is 3.83. The number of oxazole rings is 1. The number of fused-ring (bicyclic) bond motifs is 1. The van der Waals surface area contributed by atoms with Crippen molar-refractivity contribution in [3.05, 3.63) is 58.3 Å². The molecule has 2 amide bonds. The second kappa shape index (κ2) is 12.6. The first kappa shape index (κ1) is 31.8. The maximum atomic E-state index is 15.4. The first-order chi connectivity index (χ1) is 20.2. The van der Waals surface area contributed by atoms with Crippen molar-refractivity contribution in [2.24, 2.45) is 5.92 Å². The minimum Gasteiger partial charge on any atom is -0.444 e. The van der Waals surface area contributed by atoms with Crippen molar-refractivity contribution in [2.45, 2.75) is 77.1 Å². The second-order valence-electron chi connectivity index (χ2n) is 12.6. The predicted octanol–water partition coefficient (Wildman–Crippen LogP) is 4.60. The van der Waals surface area contributed by atoms with Crippen molar-refractivity contribution in [1.29, 1.82) is 5.26 Å². The van der Waals surface area contributed by atoms with Crippen LogP contribution in [0.15, 0.2) is 45.6 Å². The van der Waals surface area contributed by atoms with E-state index in [-0.39, 0.29) is 17.9 Å². The number of rotatable bonds is 10. The van der Waals surface area contributed by atoms with Gasteiger partial charge in [0.2, 0.25) is 5.91 Å². The van der Waals surface area contributed by atoms with Gasteiger partial charge in [-0.2, -0.15) is 5.26 Å². The highest BCUT2D eigenvalue weighted by molar-refractivity contribution is 5.90. The molecule has 1 fully saturated rings. The molecule has 1 aliphatic rings. The van der Waals surface area contributed by atoms with Gasteiger partial charge >= 0.3 is 11.8 Å². The number of alkyl carbamates (subject to hydrolysis) is 1. The van der Waals surface area contributed by atoms with Crippen LogP contribution >= 0.6 is 0 Å². The van der Waals surface area contributed by atoms with Crippen LogP contribution in [0.25, 0.3) is 22.2 Å². The number of benzene rings is 2. The lowest BCUT2D eigenvalue weighted by atomic mass is 9.71. The van der Waals surface area contributed by atoms with E-state index in [9.17, 15) is 19.6 Å². The summed E-state index contributed by atoms with van der Waals surface area (Å²) in [5.74, 6) is -1.60. The van der Waals surface area contributed by atoms with Gasteiger partial charge in [-0.25, -0.2) is 14.0 Å². The molecule has 11 heteroatoms. The molecule has 43 heavy (non-hydrogen) atoms. The van der Waals surface area contributed by atoms with Gasteiger partial charge in [0, 0.05) is 19.5 Å². The zero-order valence-electron chi connectivity index (χ0n) is 25.6. The third kappa shape index (κ3) is 7.43. The standard InChI is InChI=1S/C32H40FN5O5/c1-31(2,3)43-29(40)36-32(4,23-8-7-9-23)28(39)35-24(19-34)16-22-11-10-20(17-25(22)33)21-12-13-27-26(18-21)38(30(41)42-27)15-14-37(5)6/h10-13,17-18,23-24H,7-9,14-16H2,1-6H3,(H,35,39)(H,36,40)/t24-,32?/m0/s1. The molecular weight excluding hydrogens is 553 g/mol. The number of halogens is 1. The fourth-order valence-corrected chi connectivity index (χ4v) is 5.15. The Morgan fingerprint density at radius 2 is 1.84 bits per heavy atom. The first-order valence-corrected chi connectivity index (χ1v) is 14.5. The topological polar surface area (TPSA) is 130 Å². The minimum absolute atomic E-state index is 0.0631. The number of nitrogens with one attached hydrogen (secondary N) is 2. The number of likely N-dealkylation sites (N-methyl/N-ethyl adjacent to an activating group) is 1. The van der Waals surface area contributed by atoms with E-state index in [1.165, 1.54) is 6.07 Å². The van der Waals surface area contributed by atoms with E-state index < -0.39 is 40.8 Å². The molecule has 2 N–H and O–H groups in total. The number of nitriles is 1. The van der Waals surface area contributed by atoms with Crippen LogP contribution in [-0.4, -0.2) is 59.3 Å². The highest BCUT2D eigenvalue weighted by atomic mass is 19.1. The van der Waals surface area contributed by atoms with E-state index in [0.29, 0.717) is 35.3 Å². The van der Waals surface area contributed by atoms with Gasteiger partial charge in [0.05, 0.1) is 11.6 Å². The zero-order valence-corrected chi connectivity index (χ0v) is 25.6. The molecule has 0 saturated heterocycles. The highest BCUT2D eigenvalue weighted by Gasteiger charge is 2.46. The Morgan fingerprint density at radius 3 is 2.42 bits per heavy atom. The summed E-state index contributed by atoms with van der Waals surface area (Å²) >= 11 is 0. The number of aromatic nitrogens is 1. The van der Waals surface area contributed by atoms with Gasteiger partial charge in [-0.1, -0.05) is 24.6 Å². The van der Waals surface area contributed by atoms with E-state index in [4.69, 9.17) is 9.15 Å². The molecule has 1 saturated carbocycles. The van der Waals surface area contributed by atoms with Crippen LogP contribution in [0.2, 0.25) is 0 Å².